The predicted octanol–water partition coefficient (Wildman–Crippen LogP) is 1.91. The van der Waals surface area contributed by atoms with Crippen LogP contribution in [0.15, 0.2) is 18.2 Å². The third-order valence-corrected chi connectivity index (χ3v) is 5.75. The Kier molecular flexibility index (Phi) is 7.28. The van der Waals surface area contributed by atoms with Crippen LogP contribution in [0.3, 0.4) is 0 Å². The summed E-state index contributed by atoms with van der Waals surface area (Å²) in [5.74, 6) is 0.260. The van der Waals surface area contributed by atoms with Crippen molar-refractivity contribution in [2.45, 2.75) is 31.9 Å². The summed E-state index contributed by atoms with van der Waals surface area (Å²) >= 11 is 6.26. The number of piperidine rings is 1. The van der Waals surface area contributed by atoms with Crippen molar-refractivity contribution in [1.29, 1.82) is 0 Å². The largest absolute Gasteiger partial charge is 0.489 e. The summed E-state index contributed by atoms with van der Waals surface area (Å²) in [6.07, 6.45) is 2.30. The zero-order valence-corrected chi connectivity index (χ0v) is 16.8. The van der Waals surface area contributed by atoms with Crippen LogP contribution < -0.4 is 10.1 Å². The molecule has 0 spiro atoms. The van der Waals surface area contributed by atoms with Crippen LogP contribution in [0, 0.1) is 0 Å². The SMILES string of the molecule is COCC(C)NC(=O)c1ccc(OC2CCN(S(C)(=O)=O)CC2)c(Cl)c1. The summed E-state index contributed by atoms with van der Waals surface area (Å²) in [7, 11) is -1.59. The van der Waals surface area contributed by atoms with Crippen LogP contribution in [0.5, 0.6) is 5.75 Å². The Morgan fingerprint density at radius 2 is 2.04 bits per heavy atom. The number of rotatable bonds is 7. The van der Waals surface area contributed by atoms with Crippen LogP contribution in [0.25, 0.3) is 0 Å². The van der Waals surface area contributed by atoms with Crippen molar-refractivity contribution in [3.63, 3.8) is 0 Å². The van der Waals surface area contributed by atoms with E-state index in [1.807, 2.05) is 6.92 Å². The number of halogens is 1. The van der Waals surface area contributed by atoms with Crippen LogP contribution in [0.2, 0.25) is 5.02 Å². The maximum absolute atomic E-state index is 12.2. The molecule has 0 aromatic heterocycles. The number of nitrogens with zero attached hydrogens (tertiary/aromatic N) is 1. The molecule has 26 heavy (non-hydrogen) atoms. The van der Waals surface area contributed by atoms with E-state index in [2.05, 4.69) is 5.32 Å². The zero-order valence-electron chi connectivity index (χ0n) is 15.2. The van der Waals surface area contributed by atoms with Gasteiger partial charge < -0.3 is 14.8 Å². The molecule has 9 heteroatoms. The van der Waals surface area contributed by atoms with Gasteiger partial charge in [0.25, 0.3) is 5.91 Å². The summed E-state index contributed by atoms with van der Waals surface area (Å²) in [5.41, 5.74) is 0.442. The van der Waals surface area contributed by atoms with Gasteiger partial charge in [-0.05, 0) is 38.0 Å². The van der Waals surface area contributed by atoms with E-state index in [-0.39, 0.29) is 18.1 Å². The van der Waals surface area contributed by atoms with E-state index in [0.717, 1.165) is 0 Å². The molecule has 1 unspecified atom stereocenters. The number of carbonyl (C=O) groups is 1. The lowest BCUT2D eigenvalue weighted by molar-refractivity contribution is 0.0905. The Morgan fingerprint density at radius 1 is 1.38 bits per heavy atom. The van der Waals surface area contributed by atoms with Gasteiger partial charge in [0.2, 0.25) is 10.0 Å². The monoisotopic (exact) mass is 404 g/mol. The number of ether oxygens (including phenoxy) is 2. The van der Waals surface area contributed by atoms with Gasteiger partial charge >= 0.3 is 0 Å². The highest BCUT2D eigenvalue weighted by Crippen LogP contribution is 2.28. The molecule has 146 valence electrons. The molecule has 1 aromatic carbocycles. The average Bonchev–Trinajstić information content (AvgIpc) is 2.56. The topological polar surface area (TPSA) is 84.9 Å². The van der Waals surface area contributed by atoms with Crippen molar-refractivity contribution in [3.05, 3.63) is 28.8 Å². The van der Waals surface area contributed by atoms with Crippen molar-refractivity contribution >= 4 is 27.5 Å². The number of benzene rings is 1. The lowest BCUT2D eigenvalue weighted by Crippen LogP contribution is -2.41. The molecule has 0 aliphatic carbocycles. The molecular formula is C17H25ClN2O5S. The first-order valence-corrected chi connectivity index (χ1v) is 10.6. The molecule has 0 radical (unpaired) electrons. The van der Waals surface area contributed by atoms with Gasteiger partial charge in [0.15, 0.2) is 0 Å². The zero-order chi connectivity index (χ0) is 19.3. The van der Waals surface area contributed by atoms with Crippen LogP contribution in [0.4, 0.5) is 0 Å². The minimum atomic E-state index is -3.16. The van der Waals surface area contributed by atoms with Crippen molar-refractivity contribution in [2.24, 2.45) is 0 Å². The van der Waals surface area contributed by atoms with Crippen molar-refractivity contribution in [3.8, 4) is 5.75 Å². The lowest BCUT2D eigenvalue weighted by atomic mass is 10.1. The van der Waals surface area contributed by atoms with E-state index in [4.69, 9.17) is 21.1 Å². The Morgan fingerprint density at radius 3 is 2.58 bits per heavy atom. The highest BCUT2D eigenvalue weighted by Gasteiger charge is 2.26. The first-order chi connectivity index (χ1) is 12.2. The smallest absolute Gasteiger partial charge is 0.251 e. The minimum Gasteiger partial charge on any atom is -0.489 e. The fourth-order valence-electron chi connectivity index (χ4n) is 2.80. The second-order valence-corrected chi connectivity index (χ2v) is 8.84. The Bertz CT molecular complexity index is 733. The molecule has 1 amide bonds. The van der Waals surface area contributed by atoms with Crippen molar-refractivity contribution in [2.75, 3.05) is 33.1 Å². The number of amides is 1. The van der Waals surface area contributed by atoms with Crippen molar-refractivity contribution < 1.29 is 22.7 Å². The van der Waals surface area contributed by atoms with E-state index in [1.54, 1.807) is 25.3 Å². The van der Waals surface area contributed by atoms with Gasteiger partial charge in [0.1, 0.15) is 11.9 Å². The molecule has 1 aromatic rings. The number of carbonyl (C=O) groups excluding carboxylic acids is 1. The quantitative estimate of drug-likeness (QED) is 0.750. The summed E-state index contributed by atoms with van der Waals surface area (Å²) in [4.78, 5) is 12.2. The molecular weight excluding hydrogens is 380 g/mol. The van der Waals surface area contributed by atoms with Gasteiger partial charge in [-0.15, -0.1) is 0 Å². The minimum absolute atomic E-state index is 0.105. The average molecular weight is 405 g/mol. The second kappa shape index (κ2) is 9.03. The number of sulfonamides is 1. The molecule has 7 nitrogen and oxygen atoms in total. The number of nitrogens with one attached hydrogen (secondary N) is 1. The first-order valence-electron chi connectivity index (χ1n) is 8.42. The molecule has 0 saturated carbocycles. The van der Waals surface area contributed by atoms with E-state index in [0.29, 0.717) is 48.9 Å². The van der Waals surface area contributed by atoms with Gasteiger partial charge in [0, 0.05) is 31.8 Å². The summed E-state index contributed by atoms with van der Waals surface area (Å²) in [6, 6.07) is 4.78. The summed E-state index contributed by atoms with van der Waals surface area (Å²) in [6.45, 7) is 3.13. The lowest BCUT2D eigenvalue weighted by Gasteiger charge is -2.30. The molecule has 1 aliphatic rings. The third kappa shape index (κ3) is 5.84. The van der Waals surface area contributed by atoms with Gasteiger partial charge in [-0.1, -0.05) is 11.6 Å². The third-order valence-electron chi connectivity index (χ3n) is 4.15. The number of hydrogen-bond donors (Lipinski definition) is 1. The fourth-order valence-corrected chi connectivity index (χ4v) is 3.90. The molecule has 2 rings (SSSR count). The maximum atomic E-state index is 12.2. The molecule has 1 aliphatic heterocycles. The fraction of sp³-hybridized carbons (Fsp3) is 0.588. The van der Waals surface area contributed by atoms with Gasteiger partial charge in [0.05, 0.1) is 17.9 Å². The van der Waals surface area contributed by atoms with Crippen LogP contribution >= 0.6 is 11.6 Å². The Labute approximate surface area is 159 Å². The molecule has 1 saturated heterocycles. The highest BCUT2D eigenvalue weighted by atomic mass is 35.5. The Balaban J connectivity index is 1.95. The Hall–Kier alpha value is -1.35. The normalized spacial score (nSPS) is 17.7. The van der Waals surface area contributed by atoms with E-state index in [1.165, 1.54) is 10.6 Å². The number of methoxy groups -OCH3 is 1. The second-order valence-electron chi connectivity index (χ2n) is 6.45. The summed E-state index contributed by atoms with van der Waals surface area (Å²) < 4.78 is 35.4. The van der Waals surface area contributed by atoms with Crippen LogP contribution in [0.1, 0.15) is 30.1 Å². The van der Waals surface area contributed by atoms with Gasteiger partial charge in [-0.2, -0.15) is 0 Å². The number of hydrogen-bond acceptors (Lipinski definition) is 5. The van der Waals surface area contributed by atoms with E-state index >= 15 is 0 Å². The van der Waals surface area contributed by atoms with Gasteiger partial charge in [-0.3, -0.25) is 4.79 Å². The summed E-state index contributed by atoms with van der Waals surface area (Å²) in [5, 5.41) is 3.17. The van der Waals surface area contributed by atoms with Crippen LogP contribution in [-0.2, 0) is 14.8 Å². The molecule has 1 N–H and O–H groups in total. The molecule has 0 bridgehead atoms. The van der Waals surface area contributed by atoms with Crippen LogP contribution in [-0.4, -0.2) is 63.8 Å². The predicted molar refractivity (Wildman–Crippen MR) is 100 cm³/mol. The maximum Gasteiger partial charge on any atom is 0.251 e. The van der Waals surface area contributed by atoms with E-state index in [9.17, 15) is 13.2 Å². The molecule has 1 atom stereocenters. The first kappa shape index (κ1) is 21.0. The molecule has 1 heterocycles. The van der Waals surface area contributed by atoms with E-state index < -0.39 is 10.0 Å². The molecule has 1 fully saturated rings. The van der Waals surface area contributed by atoms with Crippen molar-refractivity contribution in [1.82, 2.24) is 9.62 Å². The highest BCUT2D eigenvalue weighted by molar-refractivity contribution is 7.88. The standard InChI is InChI=1S/C17H25ClN2O5S/c1-12(11-24-2)19-17(21)13-4-5-16(15(18)10-13)25-14-6-8-20(9-7-14)26(3,22)23/h4-5,10,12,14H,6-9,11H2,1-3H3,(H,19,21). The van der Waals surface area contributed by atoms with Gasteiger partial charge in [-0.25, -0.2) is 12.7 Å².